The zero-order valence-corrected chi connectivity index (χ0v) is 18.6. The summed E-state index contributed by atoms with van der Waals surface area (Å²) in [4.78, 5) is 12.6. The molecular weight excluding hydrogens is 450 g/mol. The third kappa shape index (κ3) is 3.28. The number of carbonyl (C=O) groups is 1. The summed E-state index contributed by atoms with van der Waals surface area (Å²) >= 11 is 5.06. The number of rotatable bonds is 6. The van der Waals surface area contributed by atoms with Gasteiger partial charge >= 0.3 is 5.97 Å². The molecule has 150 valence electrons. The van der Waals surface area contributed by atoms with Crippen molar-refractivity contribution in [1.29, 1.82) is 0 Å². The highest BCUT2D eigenvalue weighted by Gasteiger charge is 2.48. The van der Waals surface area contributed by atoms with Crippen molar-refractivity contribution < 1.29 is 9.53 Å². The highest BCUT2D eigenvalue weighted by molar-refractivity contribution is 9.10. The van der Waals surface area contributed by atoms with Gasteiger partial charge in [-0.1, -0.05) is 42.1 Å². The van der Waals surface area contributed by atoms with E-state index in [0.717, 1.165) is 24.9 Å². The molecule has 0 N–H and O–H groups in total. The maximum absolute atomic E-state index is 12.6. The first-order chi connectivity index (χ1) is 14.1. The zero-order valence-electron chi connectivity index (χ0n) is 16.2. The van der Waals surface area contributed by atoms with Crippen LogP contribution in [0.1, 0.15) is 50.5 Å². The molecule has 0 saturated heterocycles. The highest BCUT2D eigenvalue weighted by atomic mass is 79.9. The lowest BCUT2D eigenvalue weighted by Crippen LogP contribution is -2.43. The van der Waals surface area contributed by atoms with Gasteiger partial charge in [0.05, 0.1) is 12.3 Å². The molecule has 5 nitrogen and oxygen atoms in total. The van der Waals surface area contributed by atoms with Crippen molar-refractivity contribution in [3.05, 3.63) is 46.7 Å². The molecule has 0 radical (unpaired) electrons. The van der Waals surface area contributed by atoms with Crippen molar-refractivity contribution in [1.82, 2.24) is 14.8 Å². The van der Waals surface area contributed by atoms with Gasteiger partial charge in [0.15, 0.2) is 5.16 Å². The Bertz CT molecular complexity index is 1090. The Labute approximate surface area is 182 Å². The van der Waals surface area contributed by atoms with E-state index in [1.54, 1.807) is 0 Å². The first-order valence-corrected chi connectivity index (χ1v) is 11.7. The van der Waals surface area contributed by atoms with Gasteiger partial charge in [-0.05, 0) is 77.9 Å². The molecule has 3 aromatic rings. The summed E-state index contributed by atoms with van der Waals surface area (Å²) in [6.45, 7) is 2.24. The molecule has 1 heterocycles. The first kappa shape index (κ1) is 19.1. The van der Waals surface area contributed by atoms with Crippen molar-refractivity contribution in [3.8, 4) is 5.69 Å². The number of hydrogen-bond acceptors (Lipinski definition) is 5. The van der Waals surface area contributed by atoms with Gasteiger partial charge < -0.3 is 4.74 Å². The minimum atomic E-state index is -0.552. The number of aromatic nitrogens is 3. The van der Waals surface area contributed by atoms with Crippen molar-refractivity contribution in [2.75, 3.05) is 6.61 Å². The monoisotopic (exact) mass is 471 g/mol. The predicted octanol–water partition coefficient (Wildman–Crippen LogP) is 5.64. The minimum absolute atomic E-state index is 0.143. The molecule has 2 saturated carbocycles. The molecule has 0 bridgehead atoms. The molecule has 2 fully saturated rings. The average Bonchev–Trinajstić information content (AvgIpc) is 3.47. The van der Waals surface area contributed by atoms with Crippen LogP contribution in [-0.4, -0.2) is 32.1 Å². The summed E-state index contributed by atoms with van der Waals surface area (Å²) in [6, 6.07) is 12.9. The highest BCUT2D eigenvalue weighted by Crippen LogP contribution is 2.49. The minimum Gasteiger partial charge on any atom is -0.465 e. The van der Waals surface area contributed by atoms with E-state index in [-0.39, 0.29) is 5.97 Å². The van der Waals surface area contributed by atoms with E-state index in [0.29, 0.717) is 22.4 Å². The number of hydrogen-bond donors (Lipinski definition) is 0. The Hall–Kier alpha value is -1.86. The maximum Gasteiger partial charge on any atom is 0.322 e. The lowest BCUT2D eigenvalue weighted by atomic mass is 9.84. The number of nitrogens with zero attached hydrogens (tertiary/aromatic N) is 3. The number of ether oxygens (including phenoxy) is 1. The molecule has 0 atom stereocenters. The fourth-order valence-electron chi connectivity index (χ4n) is 4.07. The van der Waals surface area contributed by atoms with Crippen molar-refractivity contribution >= 4 is 44.4 Å². The SMILES string of the molecule is CCOC(=O)C1(Sc2nnc(Br)n2-c2cccc3c(C4CC4)cccc23)CCC1. The molecule has 0 aliphatic heterocycles. The number of benzene rings is 2. The van der Waals surface area contributed by atoms with Crippen LogP contribution in [0.25, 0.3) is 16.5 Å². The molecule has 2 aromatic carbocycles. The van der Waals surface area contributed by atoms with Gasteiger partial charge in [0.25, 0.3) is 0 Å². The van der Waals surface area contributed by atoms with Crippen LogP contribution in [0.4, 0.5) is 0 Å². The van der Waals surface area contributed by atoms with E-state index >= 15 is 0 Å². The van der Waals surface area contributed by atoms with Crippen LogP contribution in [0.2, 0.25) is 0 Å². The standard InChI is InChI=1S/C22H22BrN3O2S/c1-2-28-19(27)22(12-5-13-22)29-21-25-24-20(23)26(21)18-9-4-7-16-15(14-10-11-14)6-3-8-17(16)18/h3-4,6-9,14H,2,5,10-13H2,1H3. The number of halogens is 1. The number of carbonyl (C=O) groups excluding carboxylic acids is 1. The normalized spacial score (nSPS) is 17.9. The van der Waals surface area contributed by atoms with Crippen LogP contribution in [0.15, 0.2) is 46.3 Å². The van der Waals surface area contributed by atoms with Gasteiger partial charge in [0.2, 0.25) is 4.73 Å². The third-order valence-electron chi connectivity index (χ3n) is 5.88. The van der Waals surface area contributed by atoms with Crippen molar-refractivity contribution in [2.24, 2.45) is 0 Å². The molecule has 7 heteroatoms. The van der Waals surface area contributed by atoms with Crippen LogP contribution < -0.4 is 0 Å². The van der Waals surface area contributed by atoms with Crippen molar-refractivity contribution in [2.45, 2.75) is 54.8 Å². The topological polar surface area (TPSA) is 57.0 Å². The fourth-order valence-corrected chi connectivity index (χ4v) is 5.96. The lowest BCUT2D eigenvalue weighted by Gasteiger charge is -2.37. The Kier molecular flexibility index (Phi) is 4.90. The second-order valence-corrected chi connectivity index (χ2v) is 9.81. The lowest BCUT2D eigenvalue weighted by molar-refractivity contribution is -0.148. The van der Waals surface area contributed by atoms with Crippen LogP contribution in [-0.2, 0) is 9.53 Å². The molecule has 29 heavy (non-hydrogen) atoms. The summed E-state index contributed by atoms with van der Waals surface area (Å²) < 4.78 is 7.47. The Morgan fingerprint density at radius 1 is 1.21 bits per heavy atom. The van der Waals surface area contributed by atoms with Gasteiger partial charge in [-0.25, -0.2) is 0 Å². The molecular formula is C22H22BrN3O2S. The molecule has 2 aliphatic rings. The first-order valence-electron chi connectivity index (χ1n) is 10.1. The number of fused-ring (bicyclic) bond motifs is 1. The summed E-state index contributed by atoms with van der Waals surface area (Å²) in [6.07, 6.45) is 5.18. The second-order valence-electron chi connectivity index (χ2n) is 7.75. The number of esters is 1. The molecule has 0 unspecified atom stereocenters. The largest absolute Gasteiger partial charge is 0.465 e. The van der Waals surface area contributed by atoms with Crippen LogP contribution in [0.5, 0.6) is 0 Å². The van der Waals surface area contributed by atoms with Crippen LogP contribution in [0, 0.1) is 0 Å². The van der Waals surface area contributed by atoms with Crippen LogP contribution in [0.3, 0.4) is 0 Å². The molecule has 0 spiro atoms. The zero-order chi connectivity index (χ0) is 20.0. The average molecular weight is 472 g/mol. The second kappa shape index (κ2) is 7.43. The quantitative estimate of drug-likeness (QED) is 0.435. The van der Waals surface area contributed by atoms with E-state index in [1.807, 2.05) is 11.5 Å². The van der Waals surface area contributed by atoms with E-state index in [9.17, 15) is 4.79 Å². The predicted molar refractivity (Wildman–Crippen MR) is 118 cm³/mol. The van der Waals surface area contributed by atoms with Crippen molar-refractivity contribution in [3.63, 3.8) is 0 Å². The summed E-state index contributed by atoms with van der Waals surface area (Å²) in [5.74, 6) is 0.532. The summed E-state index contributed by atoms with van der Waals surface area (Å²) in [5.41, 5.74) is 2.45. The summed E-state index contributed by atoms with van der Waals surface area (Å²) in [5, 5.41) is 11.9. The van der Waals surface area contributed by atoms with E-state index < -0.39 is 4.75 Å². The van der Waals surface area contributed by atoms with Gasteiger partial charge in [-0.15, -0.1) is 10.2 Å². The Morgan fingerprint density at radius 2 is 1.97 bits per heavy atom. The third-order valence-corrected chi connectivity index (χ3v) is 7.81. The Balaban J connectivity index is 1.59. The molecule has 5 rings (SSSR count). The molecule has 0 amide bonds. The van der Waals surface area contributed by atoms with E-state index in [1.165, 1.54) is 40.9 Å². The van der Waals surface area contributed by atoms with Gasteiger partial charge in [-0.3, -0.25) is 9.36 Å². The van der Waals surface area contributed by atoms with Gasteiger partial charge in [0.1, 0.15) is 4.75 Å². The summed E-state index contributed by atoms with van der Waals surface area (Å²) in [7, 11) is 0. The fraction of sp³-hybridized carbons (Fsp3) is 0.409. The van der Waals surface area contributed by atoms with Crippen LogP contribution >= 0.6 is 27.7 Å². The molecule has 2 aliphatic carbocycles. The van der Waals surface area contributed by atoms with E-state index in [2.05, 4.69) is 62.5 Å². The van der Waals surface area contributed by atoms with Gasteiger partial charge in [-0.2, -0.15) is 0 Å². The number of thioether (sulfide) groups is 1. The smallest absolute Gasteiger partial charge is 0.322 e. The van der Waals surface area contributed by atoms with E-state index in [4.69, 9.17) is 4.74 Å². The Morgan fingerprint density at radius 3 is 2.66 bits per heavy atom. The maximum atomic E-state index is 12.6. The van der Waals surface area contributed by atoms with Gasteiger partial charge in [0, 0.05) is 5.39 Å². The molecule has 1 aromatic heterocycles.